The summed E-state index contributed by atoms with van der Waals surface area (Å²) in [5.74, 6) is 1.61. The molecular weight excluding hydrogens is 176 g/mol. The van der Waals surface area contributed by atoms with Gasteiger partial charge in [-0.15, -0.1) is 0 Å². The Labute approximate surface area is 84.5 Å². The minimum absolute atomic E-state index is 0.265. The molecule has 0 saturated carbocycles. The summed E-state index contributed by atoms with van der Waals surface area (Å²) < 4.78 is 5.10. The molecule has 1 N–H and O–H groups in total. The van der Waals surface area contributed by atoms with Gasteiger partial charge in [0.05, 0.1) is 7.11 Å². The normalized spacial score (nSPS) is 20.3. The molecule has 2 heteroatoms. The molecule has 0 saturated heterocycles. The van der Waals surface area contributed by atoms with E-state index in [1.807, 2.05) is 12.1 Å². The Hall–Kier alpha value is -1.18. The molecule has 1 aliphatic rings. The molecule has 0 fully saturated rings. The minimum Gasteiger partial charge on any atom is -0.504 e. The number of rotatable bonds is 1. The van der Waals surface area contributed by atoms with Gasteiger partial charge < -0.3 is 9.84 Å². The van der Waals surface area contributed by atoms with E-state index in [4.69, 9.17) is 4.74 Å². The first-order valence-electron chi connectivity index (χ1n) is 5.09. The van der Waals surface area contributed by atoms with Gasteiger partial charge in [-0.3, -0.25) is 0 Å². The summed E-state index contributed by atoms with van der Waals surface area (Å²) in [7, 11) is 1.59. The summed E-state index contributed by atoms with van der Waals surface area (Å²) >= 11 is 0. The van der Waals surface area contributed by atoms with Crippen LogP contribution in [-0.4, -0.2) is 12.2 Å². The fraction of sp³-hybridized carbons (Fsp3) is 0.500. The second kappa shape index (κ2) is 3.52. The average Bonchev–Trinajstić information content (AvgIpc) is 2.17. The van der Waals surface area contributed by atoms with Gasteiger partial charge in [-0.2, -0.15) is 0 Å². The van der Waals surface area contributed by atoms with Crippen molar-refractivity contribution in [3.63, 3.8) is 0 Å². The zero-order valence-electron chi connectivity index (χ0n) is 8.71. The number of ether oxygens (including phenoxy) is 1. The van der Waals surface area contributed by atoms with E-state index in [2.05, 4.69) is 6.92 Å². The summed E-state index contributed by atoms with van der Waals surface area (Å²) in [5, 5.41) is 9.61. The molecule has 0 amide bonds. The van der Waals surface area contributed by atoms with Gasteiger partial charge in [0.15, 0.2) is 11.5 Å². The molecule has 1 aliphatic carbocycles. The van der Waals surface area contributed by atoms with Crippen molar-refractivity contribution in [2.75, 3.05) is 7.11 Å². The Morgan fingerprint density at radius 2 is 2.14 bits per heavy atom. The van der Waals surface area contributed by atoms with Crippen molar-refractivity contribution in [2.45, 2.75) is 26.2 Å². The van der Waals surface area contributed by atoms with Gasteiger partial charge in [0.1, 0.15) is 0 Å². The van der Waals surface area contributed by atoms with Crippen molar-refractivity contribution in [3.8, 4) is 11.5 Å². The highest BCUT2D eigenvalue weighted by atomic mass is 16.5. The van der Waals surface area contributed by atoms with Crippen LogP contribution in [-0.2, 0) is 12.8 Å². The molecule has 2 nitrogen and oxygen atoms in total. The Morgan fingerprint density at radius 3 is 2.86 bits per heavy atom. The lowest BCUT2D eigenvalue weighted by molar-refractivity contribution is 0.370. The van der Waals surface area contributed by atoms with E-state index in [-0.39, 0.29) is 5.75 Å². The molecule has 0 bridgehead atoms. The summed E-state index contributed by atoms with van der Waals surface area (Å²) in [6.07, 6.45) is 3.40. The zero-order chi connectivity index (χ0) is 10.1. The van der Waals surface area contributed by atoms with Crippen LogP contribution in [0.3, 0.4) is 0 Å². The Morgan fingerprint density at radius 1 is 1.36 bits per heavy atom. The lowest BCUT2D eigenvalue weighted by Crippen LogP contribution is -2.11. The molecule has 0 radical (unpaired) electrons. The Kier molecular flexibility index (Phi) is 2.36. The van der Waals surface area contributed by atoms with Crippen molar-refractivity contribution >= 4 is 0 Å². The molecule has 76 valence electrons. The van der Waals surface area contributed by atoms with Gasteiger partial charge >= 0.3 is 0 Å². The third kappa shape index (κ3) is 1.57. The highest BCUT2D eigenvalue weighted by Gasteiger charge is 2.17. The third-order valence-electron chi connectivity index (χ3n) is 2.98. The van der Waals surface area contributed by atoms with Gasteiger partial charge in [-0.1, -0.05) is 6.92 Å². The molecule has 0 spiro atoms. The fourth-order valence-electron chi connectivity index (χ4n) is 2.12. The van der Waals surface area contributed by atoms with Crippen LogP contribution in [0.2, 0.25) is 0 Å². The first-order chi connectivity index (χ1) is 6.70. The minimum atomic E-state index is 0.265. The smallest absolute Gasteiger partial charge is 0.160 e. The number of phenolic OH excluding ortho intramolecular Hbond substituents is 1. The number of aromatic hydroxyl groups is 1. The van der Waals surface area contributed by atoms with E-state index >= 15 is 0 Å². The van der Waals surface area contributed by atoms with Gasteiger partial charge in [0.25, 0.3) is 0 Å². The van der Waals surface area contributed by atoms with Crippen LogP contribution in [0.4, 0.5) is 0 Å². The van der Waals surface area contributed by atoms with Crippen molar-refractivity contribution in [3.05, 3.63) is 23.3 Å². The number of benzene rings is 1. The number of aryl methyl sites for hydroxylation is 1. The number of fused-ring (bicyclic) bond motifs is 1. The maximum Gasteiger partial charge on any atom is 0.160 e. The molecule has 2 rings (SSSR count). The molecule has 0 heterocycles. The zero-order valence-corrected chi connectivity index (χ0v) is 8.71. The molecule has 1 aromatic rings. The first-order valence-corrected chi connectivity index (χ1v) is 5.09. The van der Waals surface area contributed by atoms with E-state index < -0.39 is 0 Å². The van der Waals surface area contributed by atoms with Crippen molar-refractivity contribution in [2.24, 2.45) is 5.92 Å². The second-order valence-corrected chi connectivity index (χ2v) is 4.14. The second-order valence-electron chi connectivity index (χ2n) is 4.14. The number of phenols is 1. The van der Waals surface area contributed by atoms with Crippen molar-refractivity contribution in [1.82, 2.24) is 0 Å². The van der Waals surface area contributed by atoms with E-state index in [0.717, 1.165) is 18.8 Å². The first kappa shape index (κ1) is 9.38. The standard InChI is InChI=1S/C12H16O2/c1-8-3-4-9-6-11(13)12(14-2)7-10(9)5-8/h6-8,13H,3-5H2,1-2H3. The van der Waals surface area contributed by atoms with Crippen LogP contribution in [0.1, 0.15) is 24.5 Å². The van der Waals surface area contributed by atoms with Crippen LogP contribution in [0.5, 0.6) is 11.5 Å². The predicted molar refractivity (Wildman–Crippen MR) is 55.8 cm³/mol. The van der Waals surface area contributed by atoms with Gasteiger partial charge in [-0.25, -0.2) is 0 Å². The van der Waals surface area contributed by atoms with Crippen molar-refractivity contribution < 1.29 is 9.84 Å². The quantitative estimate of drug-likeness (QED) is 0.740. The molecule has 0 aliphatic heterocycles. The lowest BCUT2D eigenvalue weighted by atomic mass is 9.85. The molecule has 1 atom stereocenters. The van der Waals surface area contributed by atoms with Crippen LogP contribution < -0.4 is 4.74 Å². The van der Waals surface area contributed by atoms with Gasteiger partial charge in [0, 0.05) is 0 Å². The van der Waals surface area contributed by atoms with Crippen LogP contribution >= 0.6 is 0 Å². The Balaban J connectivity index is 2.41. The number of methoxy groups -OCH3 is 1. The van der Waals surface area contributed by atoms with Crippen LogP contribution in [0.15, 0.2) is 12.1 Å². The van der Waals surface area contributed by atoms with Crippen LogP contribution in [0.25, 0.3) is 0 Å². The van der Waals surface area contributed by atoms with E-state index in [1.165, 1.54) is 17.5 Å². The fourth-order valence-corrected chi connectivity index (χ4v) is 2.12. The average molecular weight is 192 g/mol. The Bertz CT molecular complexity index is 344. The van der Waals surface area contributed by atoms with Crippen molar-refractivity contribution in [1.29, 1.82) is 0 Å². The topological polar surface area (TPSA) is 29.5 Å². The predicted octanol–water partition coefficient (Wildman–Crippen LogP) is 2.53. The van der Waals surface area contributed by atoms with Gasteiger partial charge in [0.2, 0.25) is 0 Å². The van der Waals surface area contributed by atoms with Crippen LogP contribution in [0, 0.1) is 5.92 Å². The SMILES string of the molecule is COc1cc2c(cc1O)CCC(C)C2. The lowest BCUT2D eigenvalue weighted by Gasteiger charge is -2.22. The molecule has 14 heavy (non-hydrogen) atoms. The summed E-state index contributed by atoms with van der Waals surface area (Å²) in [5.41, 5.74) is 2.61. The highest BCUT2D eigenvalue weighted by Crippen LogP contribution is 2.34. The van der Waals surface area contributed by atoms with Gasteiger partial charge in [-0.05, 0) is 48.4 Å². The monoisotopic (exact) mass is 192 g/mol. The highest BCUT2D eigenvalue weighted by molar-refractivity contribution is 5.47. The van der Waals surface area contributed by atoms with E-state index in [9.17, 15) is 5.11 Å². The summed E-state index contributed by atoms with van der Waals surface area (Å²) in [4.78, 5) is 0. The number of hydrogen-bond acceptors (Lipinski definition) is 2. The summed E-state index contributed by atoms with van der Waals surface area (Å²) in [6.45, 7) is 2.27. The van der Waals surface area contributed by atoms with E-state index in [1.54, 1.807) is 7.11 Å². The number of hydrogen-bond donors (Lipinski definition) is 1. The summed E-state index contributed by atoms with van der Waals surface area (Å²) in [6, 6.07) is 3.82. The molecular formula is C12H16O2. The molecule has 1 aromatic carbocycles. The molecule has 1 unspecified atom stereocenters. The molecule has 0 aromatic heterocycles. The van der Waals surface area contributed by atoms with E-state index in [0.29, 0.717) is 5.75 Å². The maximum absolute atomic E-state index is 9.61. The maximum atomic E-state index is 9.61. The third-order valence-corrected chi connectivity index (χ3v) is 2.98. The largest absolute Gasteiger partial charge is 0.504 e.